The monoisotopic (exact) mass is 432 g/mol. The molecule has 0 radical (unpaired) electrons. The van der Waals surface area contributed by atoms with Crippen LogP contribution in [0.1, 0.15) is 40.1 Å². The van der Waals surface area contributed by atoms with Gasteiger partial charge in [-0.25, -0.2) is 4.79 Å². The number of esters is 1. The van der Waals surface area contributed by atoms with Crippen LogP contribution in [0.4, 0.5) is 0 Å². The molecule has 1 saturated carbocycles. The summed E-state index contributed by atoms with van der Waals surface area (Å²) in [5, 5.41) is 2.53. The number of thiophene rings is 1. The van der Waals surface area contributed by atoms with E-state index in [1.165, 1.54) is 17.6 Å². The van der Waals surface area contributed by atoms with Gasteiger partial charge in [-0.05, 0) is 61.4 Å². The number of halogens is 1. The summed E-state index contributed by atoms with van der Waals surface area (Å²) in [4.78, 5) is 25.7. The lowest BCUT2D eigenvalue weighted by Crippen LogP contribution is -2.43. The van der Waals surface area contributed by atoms with Crippen LogP contribution in [0.15, 0.2) is 41.7 Å². The Morgan fingerprint density at radius 2 is 2.00 bits per heavy atom. The molecule has 1 aliphatic carbocycles. The number of ketones is 1. The van der Waals surface area contributed by atoms with E-state index in [0.29, 0.717) is 34.9 Å². The molecule has 3 atom stereocenters. The Balaban J connectivity index is 1.41. The Labute approximate surface area is 178 Å². The fourth-order valence-electron chi connectivity index (χ4n) is 3.81. The van der Waals surface area contributed by atoms with Crippen LogP contribution in [0.25, 0.3) is 0 Å². The number of benzene rings is 1. The van der Waals surface area contributed by atoms with Gasteiger partial charge in [-0.15, -0.1) is 11.3 Å². The number of rotatable bonds is 4. The van der Waals surface area contributed by atoms with Crippen molar-refractivity contribution in [1.82, 2.24) is 0 Å². The molecule has 1 aromatic carbocycles. The molecule has 1 aliphatic heterocycles. The van der Waals surface area contributed by atoms with Crippen molar-refractivity contribution in [2.75, 3.05) is 0 Å². The normalized spacial score (nSPS) is 23.6. The summed E-state index contributed by atoms with van der Waals surface area (Å²) >= 11 is 7.55. The van der Waals surface area contributed by atoms with E-state index in [1.807, 2.05) is 25.3 Å². The molecule has 3 unspecified atom stereocenters. The molecule has 2 aromatic rings. The highest BCUT2D eigenvalue weighted by molar-refractivity contribution is 7.11. The van der Waals surface area contributed by atoms with E-state index in [4.69, 9.17) is 25.8 Å². The minimum Gasteiger partial charge on any atom is -0.493 e. The summed E-state index contributed by atoms with van der Waals surface area (Å²) < 4.78 is 17.2. The number of fused-ring (bicyclic) bond motifs is 1. The average Bonchev–Trinajstić information content (AvgIpc) is 3.23. The zero-order valence-corrected chi connectivity index (χ0v) is 17.7. The number of hydrogen-bond acceptors (Lipinski definition) is 6. The molecule has 0 saturated heterocycles. The quantitative estimate of drug-likeness (QED) is 0.619. The molecule has 1 aromatic heterocycles. The third-order valence-corrected chi connectivity index (χ3v) is 6.75. The second kappa shape index (κ2) is 8.20. The number of hydrogen-bond donors (Lipinski definition) is 0. The topological polar surface area (TPSA) is 61.8 Å². The van der Waals surface area contributed by atoms with Gasteiger partial charge in [0.05, 0.1) is 5.92 Å². The van der Waals surface area contributed by atoms with E-state index in [9.17, 15) is 9.59 Å². The van der Waals surface area contributed by atoms with Crippen LogP contribution in [0.2, 0.25) is 5.02 Å². The van der Waals surface area contributed by atoms with Crippen LogP contribution in [0.5, 0.6) is 5.75 Å². The zero-order valence-electron chi connectivity index (χ0n) is 16.1. The maximum atomic E-state index is 12.9. The van der Waals surface area contributed by atoms with Crippen LogP contribution < -0.4 is 4.74 Å². The molecule has 0 N–H and O–H groups in total. The highest BCUT2D eigenvalue weighted by atomic mass is 35.5. The number of carbonyl (C=O) groups is 2. The van der Waals surface area contributed by atoms with Gasteiger partial charge < -0.3 is 14.2 Å². The number of carbonyl (C=O) groups excluding carboxylic acids is 2. The molecular formula is C22H21ClO5S. The summed E-state index contributed by atoms with van der Waals surface area (Å²) in [6, 6.07) is 7.16. The fraction of sp³-hybridized carbons (Fsp3) is 0.364. The molecule has 4 rings (SSSR count). The van der Waals surface area contributed by atoms with Crippen molar-refractivity contribution in [3.05, 3.63) is 62.7 Å². The second-order valence-corrected chi connectivity index (χ2v) is 8.74. The molecule has 2 heterocycles. The van der Waals surface area contributed by atoms with Gasteiger partial charge in [0.1, 0.15) is 29.1 Å². The molecule has 152 valence electrons. The number of aryl methyl sites for hydroxylation is 2. The van der Waals surface area contributed by atoms with Gasteiger partial charge in [-0.1, -0.05) is 17.7 Å². The Hall–Kier alpha value is -2.31. The highest BCUT2D eigenvalue weighted by Crippen LogP contribution is 2.36. The molecule has 2 aliphatic rings. The first-order chi connectivity index (χ1) is 13.9. The van der Waals surface area contributed by atoms with Gasteiger partial charge in [0.25, 0.3) is 0 Å². The molecule has 5 nitrogen and oxygen atoms in total. The first-order valence-electron chi connectivity index (χ1n) is 9.51. The largest absolute Gasteiger partial charge is 0.493 e. The lowest BCUT2D eigenvalue weighted by Gasteiger charge is -2.36. The van der Waals surface area contributed by atoms with E-state index in [1.54, 1.807) is 18.2 Å². The van der Waals surface area contributed by atoms with Gasteiger partial charge >= 0.3 is 5.97 Å². The van der Waals surface area contributed by atoms with Crippen molar-refractivity contribution in [3.8, 4) is 5.75 Å². The number of Topliss-reactive ketones (excluding diaryl/α,β-unsaturated/α-hetero) is 1. The minimum absolute atomic E-state index is 0.0745. The first-order valence-corrected chi connectivity index (χ1v) is 10.8. The van der Waals surface area contributed by atoms with E-state index < -0.39 is 0 Å². The SMILES string of the molecule is Cc1cc(OC2=COC3CC(OC(=O)c4cccs4)CCC3C2=O)cc(C)c1Cl. The van der Waals surface area contributed by atoms with Crippen molar-refractivity contribution < 1.29 is 23.8 Å². The lowest BCUT2D eigenvalue weighted by atomic mass is 9.80. The number of ether oxygens (including phenoxy) is 3. The van der Waals surface area contributed by atoms with Crippen LogP contribution >= 0.6 is 22.9 Å². The summed E-state index contributed by atoms with van der Waals surface area (Å²) in [5.41, 5.74) is 1.77. The molecule has 0 amide bonds. The van der Waals surface area contributed by atoms with Crippen molar-refractivity contribution in [2.45, 2.75) is 45.3 Å². The molecule has 29 heavy (non-hydrogen) atoms. The minimum atomic E-state index is -0.321. The van der Waals surface area contributed by atoms with Crippen LogP contribution in [0.3, 0.4) is 0 Å². The zero-order chi connectivity index (χ0) is 20.5. The van der Waals surface area contributed by atoms with Gasteiger partial charge in [-0.2, -0.15) is 0 Å². The maximum Gasteiger partial charge on any atom is 0.348 e. The highest BCUT2D eigenvalue weighted by Gasteiger charge is 2.42. The standard InChI is InChI=1S/C22H21ClO5S/c1-12-8-15(9-13(2)20(12)23)27-18-11-26-17-10-14(5-6-16(17)21(18)24)28-22(25)19-4-3-7-29-19/h3-4,7-9,11,14,16-17H,5-6,10H2,1-2H3. The lowest BCUT2D eigenvalue weighted by molar-refractivity contribution is -0.132. The van der Waals surface area contributed by atoms with Crippen molar-refractivity contribution >= 4 is 34.7 Å². The van der Waals surface area contributed by atoms with E-state index in [0.717, 1.165) is 11.1 Å². The van der Waals surface area contributed by atoms with E-state index in [-0.39, 0.29) is 35.6 Å². The molecule has 0 spiro atoms. The third kappa shape index (κ3) is 4.19. The van der Waals surface area contributed by atoms with E-state index in [2.05, 4.69) is 0 Å². The maximum absolute atomic E-state index is 12.9. The summed E-state index contributed by atoms with van der Waals surface area (Å²) in [5.74, 6) is 0.0698. The average molecular weight is 433 g/mol. The number of allylic oxidation sites excluding steroid dienone is 1. The Kier molecular flexibility index (Phi) is 5.65. The Morgan fingerprint density at radius 1 is 1.24 bits per heavy atom. The van der Waals surface area contributed by atoms with Crippen LogP contribution in [-0.2, 0) is 14.3 Å². The molecule has 0 bridgehead atoms. The van der Waals surface area contributed by atoms with Crippen molar-refractivity contribution in [2.24, 2.45) is 5.92 Å². The van der Waals surface area contributed by atoms with Gasteiger partial charge in [0.2, 0.25) is 11.5 Å². The van der Waals surface area contributed by atoms with Crippen molar-refractivity contribution in [3.63, 3.8) is 0 Å². The predicted molar refractivity (Wildman–Crippen MR) is 110 cm³/mol. The van der Waals surface area contributed by atoms with Gasteiger partial charge in [0.15, 0.2) is 0 Å². The summed E-state index contributed by atoms with van der Waals surface area (Å²) in [6.45, 7) is 3.79. The molecular weight excluding hydrogens is 412 g/mol. The Morgan fingerprint density at radius 3 is 2.69 bits per heavy atom. The van der Waals surface area contributed by atoms with E-state index >= 15 is 0 Å². The third-order valence-electron chi connectivity index (χ3n) is 5.31. The second-order valence-electron chi connectivity index (χ2n) is 7.42. The smallest absolute Gasteiger partial charge is 0.348 e. The van der Waals surface area contributed by atoms with Crippen LogP contribution in [0, 0.1) is 19.8 Å². The summed E-state index contributed by atoms with van der Waals surface area (Å²) in [6.07, 6.45) is 2.53. The predicted octanol–water partition coefficient (Wildman–Crippen LogP) is 5.23. The summed E-state index contributed by atoms with van der Waals surface area (Å²) in [7, 11) is 0. The van der Waals surface area contributed by atoms with Crippen LogP contribution in [-0.4, -0.2) is 24.0 Å². The Bertz CT molecular complexity index is 943. The van der Waals surface area contributed by atoms with Gasteiger partial charge in [-0.3, -0.25) is 4.79 Å². The van der Waals surface area contributed by atoms with Crippen molar-refractivity contribution in [1.29, 1.82) is 0 Å². The fourth-order valence-corrected chi connectivity index (χ4v) is 4.52. The van der Waals surface area contributed by atoms with Gasteiger partial charge in [0, 0.05) is 11.4 Å². The molecule has 1 fully saturated rings. The first kappa shape index (κ1) is 20.0. The molecule has 7 heteroatoms.